The maximum absolute atomic E-state index is 2.36. The number of allylic oxidation sites excluding steroid dienone is 2. The first-order chi connectivity index (χ1) is 4.86. The lowest BCUT2D eigenvalue weighted by Crippen LogP contribution is -2.79. The summed E-state index contributed by atoms with van der Waals surface area (Å²) in [4.78, 5) is 0. The van der Waals surface area contributed by atoms with Gasteiger partial charge in [0.1, 0.15) is 5.70 Å². The molecule has 1 aliphatic heterocycles. The second-order valence-corrected chi connectivity index (χ2v) is 3.34. The molecular weight excluding hydrogens is 122 g/mol. The monoisotopic (exact) mass is 136 g/mol. The van der Waals surface area contributed by atoms with Crippen molar-refractivity contribution < 1.29 is 5.32 Å². The second kappa shape index (κ2) is 2.24. The Kier molecular flexibility index (Phi) is 1.38. The summed E-state index contributed by atoms with van der Waals surface area (Å²) in [6.07, 6.45) is 7.24. The van der Waals surface area contributed by atoms with E-state index in [2.05, 4.69) is 24.4 Å². The molecule has 1 aliphatic carbocycles. The van der Waals surface area contributed by atoms with E-state index in [0.29, 0.717) is 0 Å². The van der Waals surface area contributed by atoms with E-state index in [1.54, 1.807) is 5.57 Å². The standard InChI is InChI=1S/C9H13N/c1-7-2-3-9-8(6-7)4-5-10-9/h2-3,7,10H,4-6H2,1H3/p+1. The third-order valence-corrected chi connectivity index (χ3v) is 2.39. The minimum absolute atomic E-state index is 0.783. The van der Waals surface area contributed by atoms with Crippen molar-refractivity contribution in [2.45, 2.75) is 19.8 Å². The van der Waals surface area contributed by atoms with Gasteiger partial charge in [-0.25, -0.2) is 0 Å². The lowest BCUT2D eigenvalue weighted by Gasteiger charge is -2.10. The van der Waals surface area contributed by atoms with Gasteiger partial charge in [-0.1, -0.05) is 13.0 Å². The number of nitrogens with two attached hydrogens (primary N) is 1. The summed E-state index contributed by atoms with van der Waals surface area (Å²) in [6.45, 7) is 3.57. The van der Waals surface area contributed by atoms with Gasteiger partial charge < -0.3 is 5.32 Å². The van der Waals surface area contributed by atoms with Crippen LogP contribution < -0.4 is 5.32 Å². The Morgan fingerprint density at radius 1 is 1.60 bits per heavy atom. The quantitative estimate of drug-likeness (QED) is 0.507. The largest absolute Gasteiger partial charge is 0.314 e. The van der Waals surface area contributed by atoms with Crippen LogP contribution in [0.2, 0.25) is 0 Å². The SMILES string of the molecule is CC1C=CC2=C(CC[NH2+]2)C1. The highest BCUT2D eigenvalue weighted by molar-refractivity contribution is 5.26. The van der Waals surface area contributed by atoms with Gasteiger partial charge in [-0.15, -0.1) is 0 Å². The van der Waals surface area contributed by atoms with Crippen molar-refractivity contribution in [2.75, 3.05) is 6.54 Å². The van der Waals surface area contributed by atoms with Gasteiger partial charge >= 0.3 is 0 Å². The van der Waals surface area contributed by atoms with Gasteiger partial charge in [0, 0.05) is 6.42 Å². The maximum Gasteiger partial charge on any atom is 0.128 e. The Hall–Kier alpha value is -0.560. The summed E-state index contributed by atoms with van der Waals surface area (Å²) in [5, 5.41) is 2.36. The molecule has 0 aromatic heterocycles. The molecule has 1 atom stereocenters. The van der Waals surface area contributed by atoms with Crippen molar-refractivity contribution in [1.29, 1.82) is 0 Å². The van der Waals surface area contributed by atoms with Gasteiger partial charge in [0.25, 0.3) is 0 Å². The predicted molar refractivity (Wildman–Crippen MR) is 41.4 cm³/mol. The van der Waals surface area contributed by atoms with Crippen molar-refractivity contribution in [1.82, 2.24) is 0 Å². The predicted octanol–water partition coefficient (Wildman–Crippen LogP) is 0.804. The molecule has 0 bridgehead atoms. The molecule has 0 aromatic rings. The van der Waals surface area contributed by atoms with Gasteiger partial charge in [-0.05, 0) is 24.0 Å². The van der Waals surface area contributed by atoms with Gasteiger partial charge in [-0.3, -0.25) is 0 Å². The fraction of sp³-hybridized carbons (Fsp3) is 0.556. The molecule has 1 heteroatoms. The van der Waals surface area contributed by atoms with Crippen LogP contribution in [0.1, 0.15) is 19.8 Å². The summed E-state index contributed by atoms with van der Waals surface area (Å²) < 4.78 is 0. The molecular formula is C9H14N+. The summed E-state index contributed by atoms with van der Waals surface area (Å²) in [7, 11) is 0. The first-order valence-corrected chi connectivity index (χ1v) is 4.09. The molecule has 10 heavy (non-hydrogen) atoms. The highest BCUT2D eigenvalue weighted by Crippen LogP contribution is 2.24. The molecule has 1 heterocycles. The smallest absolute Gasteiger partial charge is 0.128 e. The van der Waals surface area contributed by atoms with Crippen molar-refractivity contribution in [3.8, 4) is 0 Å². The van der Waals surface area contributed by atoms with Crippen LogP contribution in [0.3, 0.4) is 0 Å². The van der Waals surface area contributed by atoms with E-state index in [0.717, 1.165) is 5.92 Å². The first-order valence-electron chi connectivity index (χ1n) is 4.09. The van der Waals surface area contributed by atoms with Crippen LogP contribution in [-0.2, 0) is 0 Å². The molecule has 2 N–H and O–H groups in total. The summed E-state index contributed by atoms with van der Waals surface area (Å²) in [5.74, 6) is 0.783. The summed E-state index contributed by atoms with van der Waals surface area (Å²) in [5.41, 5.74) is 3.22. The number of quaternary nitrogens is 1. The highest BCUT2D eigenvalue weighted by atomic mass is 14.9. The van der Waals surface area contributed by atoms with Crippen LogP contribution in [0.4, 0.5) is 0 Å². The van der Waals surface area contributed by atoms with E-state index in [1.165, 1.54) is 25.1 Å². The van der Waals surface area contributed by atoms with Crippen molar-refractivity contribution in [3.05, 3.63) is 23.4 Å². The fourth-order valence-corrected chi connectivity index (χ4v) is 1.82. The molecule has 1 nitrogen and oxygen atoms in total. The second-order valence-electron chi connectivity index (χ2n) is 3.34. The number of hydrogen-bond acceptors (Lipinski definition) is 0. The third-order valence-electron chi connectivity index (χ3n) is 2.39. The van der Waals surface area contributed by atoms with E-state index in [9.17, 15) is 0 Å². The van der Waals surface area contributed by atoms with Gasteiger partial charge in [-0.2, -0.15) is 0 Å². The molecule has 0 saturated carbocycles. The van der Waals surface area contributed by atoms with Crippen LogP contribution in [-0.4, -0.2) is 6.54 Å². The Balaban J connectivity index is 2.22. The molecule has 0 spiro atoms. The van der Waals surface area contributed by atoms with Gasteiger partial charge in [0.05, 0.1) is 6.54 Å². The van der Waals surface area contributed by atoms with E-state index in [4.69, 9.17) is 0 Å². The molecule has 2 rings (SSSR count). The third kappa shape index (κ3) is 0.907. The zero-order chi connectivity index (χ0) is 6.97. The normalized spacial score (nSPS) is 31.1. The molecule has 2 aliphatic rings. The average Bonchev–Trinajstić information content (AvgIpc) is 2.33. The molecule has 0 radical (unpaired) electrons. The van der Waals surface area contributed by atoms with Crippen LogP contribution >= 0.6 is 0 Å². The molecule has 0 saturated heterocycles. The Morgan fingerprint density at radius 3 is 3.40 bits per heavy atom. The average molecular weight is 136 g/mol. The maximum atomic E-state index is 2.36. The lowest BCUT2D eigenvalue weighted by atomic mass is 9.94. The van der Waals surface area contributed by atoms with Crippen LogP contribution in [0, 0.1) is 5.92 Å². The number of rotatable bonds is 0. The molecule has 54 valence electrons. The van der Waals surface area contributed by atoms with E-state index < -0.39 is 0 Å². The molecule has 0 amide bonds. The first kappa shape index (κ1) is 6.17. The zero-order valence-corrected chi connectivity index (χ0v) is 6.43. The Bertz CT molecular complexity index is 201. The summed E-state index contributed by atoms with van der Waals surface area (Å²) in [6, 6.07) is 0. The summed E-state index contributed by atoms with van der Waals surface area (Å²) >= 11 is 0. The highest BCUT2D eigenvalue weighted by Gasteiger charge is 2.20. The molecule has 1 unspecified atom stereocenters. The number of hydrogen-bond donors (Lipinski definition) is 1. The van der Waals surface area contributed by atoms with E-state index in [-0.39, 0.29) is 0 Å². The van der Waals surface area contributed by atoms with Crippen molar-refractivity contribution in [3.63, 3.8) is 0 Å². The minimum Gasteiger partial charge on any atom is -0.314 e. The fourth-order valence-electron chi connectivity index (χ4n) is 1.82. The van der Waals surface area contributed by atoms with Crippen LogP contribution in [0.5, 0.6) is 0 Å². The lowest BCUT2D eigenvalue weighted by molar-refractivity contribution is -0.592. The van der Waals surface area contributed by atoms with Gasteiger partial charge in [0.2, 0.25) is 0 Å². The Morgan fingerprint density at radius 2 is 2.50 bits per heavy atom. The zero-order valence-electron chi connectivity index (χ0n) is 6.43. The van der Waals surface area contributed by atoms with Crippen LogP contribution in [0.25, 0.3) is 0 Å². The molecule has 0 fully saturated rings. The van der Waals surface area contributed by atoms with Crippen molar-refractivity contribution in [2.24, 2.45) is 5.92 Å². The van der Waals surface area contributed by atoms with E-state index in [1.807, 2.05) is 0 Å². The molecule has 0 aromatic carbocycles. The minimum atomic E-state index is 0.783. The van der Waals surface area contributed by atoms with Crippen molar-refractivity contribution >= 4 is 0 Å². The van der Waals surface area contributed by atoms with E-state index >= 15 is 0 Å². The van der Waals surface area contributed by atoms with Crippen LogP contribution in [0.15, 0.2) is 23.4 Å². The topological polar surface area (TPSA) is 16.6 Å². The van der Waals surface area contributed by atoms with Gasteiger partial charge in [0.15, 0.2) is 0 Å². The Labute approximate surface area is 61.8 Å².